The highest BCUT2D eigenvalue weighted by Crippen LogP contribution is 2.46. The monoisotopic (exact) mass is 367 g/mol. The van der Waals surface area contributed by atoms with Crippen molar-refractivity contribution in [1.29, 1.82) is 0 Å². The summed E-state index contributed by atoms with van der Waals surface area (Å²) in [5.41, 5.74) is 0.505. The molecule has 1 N–H and O–H groups in total. The molecule has 0 bridgehead atoms. The van der Waals surface area contributed by atoms with Crippen LogP contribution in [-0.4, -0.2) is 38.0 Å². The molecule has 0 radical (unpaired) electrons. The van der Waals surface area contributed by atoms with Gasteiger partial charge in [-0.25, -0.2) is 0 Å². The summed E-state index contributed by atoms with van der Waals surface area (Å²) in [5.74, 6) is 1.81. The highest BCUT2D eigenvalue weighted by molar-refractivity contribution is 14.0. The van der Waals surface area contributed by atoms with E-state index < -0.39 is 0 Å². The minimum absolute atomic E-state index is 0. The van der Waals surface area contributed by atoms with Gasteiger partial charge in [-0.1, -0.05) is 20.3 Å². The van der Waals surface area contributed by atoms with Crippen LogP contribution in [0.2, 0.25) is 0 Å². The molecule has 1 aliphatic carbocycles. The van der Waals surface area contributed by atoms with Crippen molar-refractivity contribution in [3.05, 3.63) is 0 Å². The Labute approximate surface area is 130 Å². The third kappa shape index (κ3) is 5.33. The van der Waals surface area contributed by atoms with Crippen molar-refractivity contribution >= 4 is 29.9 Å². The second kappa shape index (κ2) is 8.23. The molecule has 0 aromatic rings. The third-order valence-electron chi connectivity index (χ3n) is 3.58. The zero-order valence-corrected chi connectivity index (χ0v) is 15.0. The molecule has 1 saturated carbocycles. The standard InChI is InChI=1S/C14H29N3.HI/c1-6-15-13(17(4)5)16-11-14(8-7-9-14)10-12(2)3;/h12H,6-11H2,1-5H3,(H,15,16);1H. The van der Waals surface area contributed by atoms with Gasteiger partial charge in [0.15, 0.2) is 5.96 Å². The molecule has 0 aromatic carbocycles. The van der Waals surface area contributed by atoms with Crippen LogP contribution in [0.4, 0.5) is 0 Å². The molecule has 1 rings (SSSR count). The maximum atomic E-state index is 4.79. The molecule has 0 atom stereocenters. The van der Waals surface area contributed by atoms with Crippen LogP contribution in [0.3, 0.4) is 0 Å². The first-order chi connectivity index (χ1) is 7.99. The Hall–Kier alpha value is 0. The molecular formula is C14H30IN3. The van der Waals surface area contributed by atoms with Crippen molar-refractivity contribution < 1.29 is 0 Å². The normalized spacial score (nSPS) is 18.0. The molecule has 0 aromatic heterocycles. The minimum Gasteiger partial charge on any atom is -0.357 e. The van der Waals surface area contributed by atoms with Gasteiger partial charge in [0.2, 0.25) is 0 Å². The minimum atomic E-state index is 0. The van der Waals surface area contributed by atoms with E-state index in [1.54, 1.807) is 0 Å². The van der Waals surface area contributed by atoms with Gasteiger partial charge in [0.25, 0.3) is 0 Å². The lowest BCUT2D eigenvalue weighted by Crippen LogP contribution is -2.39. The average Bonchev–Trinajstić information content (AvgIpc) is 2.18. The Kier molecular flexibility index (Phi) is 8.23. The Morgan fingerprint density at radius 2 is 1.94 bits per heavy atom. The SMILES string of the molecule is CCNC(=NCC1(CC(C)C)CCC1)N(C)C.I. The van der Waals surface area contributed by atoms with E-state index in [0.717, 1.165) is 25.0 Å². The quantitative estimate of drug-likeness (QED) is 0.459. The Balaban J connectivity index is 0.00000289. The number of halogens is 1. The van der Waals surface area contributed by atoms with Gasteiger partial charge in [0, 0.05) is 27.2 Å². The summed E-state index contributed by atoms with van der Waals surface area (Å²) in [5, 5.41) is 3.33. The molecule has 1 aliphatic rings. The topological polar surface area (TPSA) is 27.6 Å². The Bertz CT molecular complexity index is 258. The lowest BCUT2D eigenvalue weighted by molar-refractivity contribution is 0.111. The third-order valence-corrected chi connectivity index (χ3v) is 3.58. The lowest BCUT2D eigenvalue weighted by atomic mass is 9.64. The van der Waals surface area contributed by atoms with E-state index in [4.69, 9.17) is 4.99 Å². The van der Waals surface area contributed by atoms with Crippen molar-refractivity contribution in [1.82, 2.24) is 10.2 Å². The molecule has 0 saturated heterocycles. The molecule has 18 heavy (non-hydrogen) atoms. The van der Waals surface area contributed by atoms with E-state index in [1.807, 2.05) is 0 Å². The van der Waals surface area contributed by atoms with Crippen molar-refractivity contribution in [3.63, 3.8) is 0 Å². The summed E-state index contributed by atoms with van der Waals surface area (Å²) in [7, 11) is 4.11. The fourth-order valence-corrected chi connectivity index (χ4v) is 2.73. The van der Waals surface area contributed by atoms with Crippen molar-refractivity contribution in [2.24, 2.45) is 16.3 Å². The van der Waals surface area contributed by atoms with Gasteiger partial charge in [0.1, 0.15) is 0 Å². The molecule has 0 spiro atoms. The second-order valence-corrected chi connectivity index (χ2v) is 6.02. The van der Waals surface area contributed by atoms with Gasteiger partial charge >= 0.3 is 0 Å². The molecule has 1 fully saturated rings. The van der Waals surface area contributed by atoms with Crippen LogP contribution in [0.15, 0.2) is 4.99 Å². The van der Waals surface area contributed by atoms with Gasteiger partial charge in [0.05, 0.1) is 0 Å². The van der Waals surface area contributed by atoms with Crippen molar-refractivity contribution in [2.45, 2.75) is 46.5 Å². The van der Waals surface area contributed by atoms with Gasteiger partial charge in [-0.15, -0.1) is 24.0 Å². The Morgan fingerprint density at radius 1 is 1.33 bits per heavy atom. The maximum absolute atomic E-state index is 4.79. The van der Waals surface area contributed by atoms with Crippen LogP contribution in [-0.2, 0) is 0 Å². The number of nitrogens with one attached hydrogen (secondary N) is 1. The first kappa shape index (κ1) is 18.0. The summed E-state index contributed by atoms with van der Waals surface area (Å²) in [6.45, 7) is 8.69. The van der Waals surface area contributed by atoms with Crippen LogP contribution in [0.5, 0.6) is 0 Å². The van der Waals surface area contributed by atoms with Gasteiger partial charge < -0.3 is 10.2 Å². The number of guanidine groups is 1. The van der Waals surface area contributed by atoms with Crippen LogP contribution in [0, 0.1) is 11.3 Å². The number of rotatable bonds is 5. The first-order valence-electron chi connectivity index (χ1n) is 6.95. The van der Waals surface area contributed by atoms with E-state index in [1.165, 1.54) is 25.7 Å². The van der Waals surface area contributed by atoms with Crippen LogP contribution >= 0.6 is 24.0 Å². The van der Waals surface area contributed by atoms with Crippen molar-refractivity contribution in [3.8, 4) is 0 Å². The maximum Gasteiger partial charge on any atom is 0.193 e. The van der Waals surface area contributed by atoms with Gasteiger partial charge in [-0.05, 0) is 37.5 Å². The molecule has 4 heteroatoms. The zero-order chi connectivity index (χ0) is 12.9. The van der Waals surface area contributed by atoms with Crippen LogP contribution in [0.1, 0.15) is 46.5 Å². The summed E-state index contributed by atoms with van der Waals surface area (Å²) >= 11 is 0. The van der Waals surface area contributed by atoms with Gasteiger partial charge in [-0.3, -0.25) is 4.99 Å². The largest absolute Gasteiger partial charge is 0.357 e. The fraction of sp³-hybridized carbons (Fsp3) is 0.929. The number of hydrogen-bond acceptors (Lipinski definition) is 1. The Morgan fingerprint density at radius 3 is 2.28 bits per heavy atom. The van der Waals surface area contributed by atoms with E-state index in [9.17, 15) is 0 Å². The fourth-order valence-electron chi connectivity index (χ4n) is 2.73. The smallest absolute Gasteiger partial charge is 0.193 e. The molecular weight excluding hydrogens is 337 g/mol. The predicted octanol–water partition coefficient (Wildman–Crippen LogP) is 3.35. The highest BCUT2D eigenvalue weighted by atomic mass is 127. The molecule has 3 nitrogen and oxygen atoms in total. The molecule has 108 valence electrons. The first-order valence-corrected chi connectivity index (χ1v) is 6.95. The number of hydrogen-bond donors (Lipinski definition) is 1. The second-order valence-electron chi connectivity index (χ2n) is 6.02. The van der Waals surface area contributed by atoms with E-state index in [2.05, 4.69) is 45.1 Å². The molecule has 0 unspecified atom stereocenters. The van der Waals surface area contributed by atoms with Crippen LogP contribution < -0.4 is 5.32 Å². The van der Waals surface area contributed by atoms with Crippen molar-refractivity contribution in [2.75, 3.05) is 27.2 Å². The summed E-state index contributed by atoms with van der Waals surface area (Å²) < 4.78 is 0. The molecule has 0 amide bonds. The summed E-state index contributed by atoms with van der Waals surface area (Å²) in [6.07, 6.45) is 5.44. The van der Waals surface area contributed by atoms with Gasteiger partial charge in [-0.2, -0.15) is 0 Å². The van der Waals surface area contributed by atoms with Crippen LogP contribution in [0.25, 0.3) is 0 Å². The lowest BCUT2D eigenvalue weighted by Gasteiger charge is -2.42. The summed E-state index contributed by atoms with van der Waals surface area (Å²) in [4.78, 5) is 6.87. The highest BCUT2D eigenvalue weighted by Gasteiger charge is 2.37. The van der Waals surface area contributed by atoms with E-state index in [0.29, 0.717) is 5.41 Å². The van der Waals surface area contributed by atoms with E-state index in [-0.39, 0.29) is 24.0 Å². The summed E-state index contributed by atoms with van der Waals surface area (Å²) in [6, 6.07) is 0. The predicted molar refractivity (Wildman–Crippen MR) is 90.8 cm³/mol. The molecule has 0 aliphatic heterocycles. The average molecular weight is 367 g/mol. The number of aliphatic imine (C=N–C) groups is 1. The number of nitrogens with zero attached hydrogens (tertiary/aromatic N) is 2. The van der Waals surface area contributed by atoms with E-state index >= 15 is 0 Å². The molecule has 0 heterocycles. The zero-order valence-electron chi connectivity index (χ0n) is 12.6.